The molecule has 0 aromatic heterocycles. The summed E-state index contributed by atoms with van der Waals surface area (Å²) in [6.45, 7) is 0.222. The molecule has 1 aliphatic carbocycles. The quantitative estimate of drug-likeness (QED) is 0.507. The highest BCUT2D eigenvalue weighted by Gasteiger charge is 2.30. The SMILES string of the molecule is CN(C(=O)OCC1c2ccccc2-c2ccccc21)[C@H](C=O)Cc1cccc(Cl)c1. The third-order valence-electron chi connectivity index (χ3n) is 5.61. The Morgan fingerprint density at radius 2 is 1.67 bits per heavy atom. The second-order valence-corrected chi connectivity index (χ2v) is 7.89. The number of fused-ring (bicyclic) bond motifs is 3. The highest BCUT2D eigenvalue weighted by Crippen LogP contribution is 2.44. The average Bonchev–Trinajstić information content (AvgIpc) is 3.09. The van der Waals surface area contributed by atoms with Crippen molar-refractivity contribution in [2.24, 2.45) is 0 Å². The molecule has 152 valence electrons. The van der Waals surface area contributed by atoms with E-state index >= 15 is 0 Å². The predicted molar refractivity (Wildman–Crippen MR) is 118 cm³/mol. The van der Waals surface area contributed by atoms with Crippen LogP contribution in [0.25, 0.3) is 11.1 Å². The largest absolute Gasteiger partial charge is 0.448 e. The molecule has 0 N–H and O–H groups in total. The Morgan fingerprint density at radius 3 is 2.27 bits per heavy atom. The van der Waals surface area contributed by atoms with Gasteiger partial charge in [-0.25, -0.2) is 4.79 Å². The van der Waals surface area contributed by atoms with E-state index < -0.39 is 12.1 Å². The van der Waals surface area contributed by atoms with Crippen molar-refractivity contribution in [2.45, 2.75) is 18.4 Å². The molecule has 0 saturated carbocycles. The average molecular weight is 420 g/mol. The number of rotatable bonds is 6. The fourth-order valence-electron chi connectivity index (χ4n) is 4.01. The number of nitrogens with zero attached hydrogens (tertiary/aromatic N) is 1. The maximum absolute atomic E-state index is 12.7. The first-order chi connectivity index (χ1) is 14.6. The normalized spacial score (nSPS) is 13.3. The van der Waals surface area contributed by atoms with Gasteiger partial charge in [0.05, 0.1) is 6.04 Å². The summed E-state index contributed by atoms with van der Waals surface area (Å²) in [4.78, 5) is 25.7. The summed E-state index contributed by atoms with van der Waals surface area (Å²) >= 11 is 6.02. The zero-order valence-corrected chi connectivity index (χ0v) is 17.4. The van der Waals surface area contributed by atoms with E-state index in [9.17, 15) is 9.59 Å². The molecule has 1 amide bonds. The van der Waals surface area contributed by atoms with Crippen molar-refractivity contribution in [3.8, 4) is 11.1 Å². The van der Waals surface area contributed by atoms with Gasteiger partial charge in [-0.2, -0.15) is 0 Å². The van der Waals surface area contributed by atoms with Gasteiger partial charge in [-0.3, -0.25) is 0 Å². The van der Waals surface area contributed by atoms with Crippen molar-refractivity contribution in [1.29, 1.82) is 0 Å². The molecule has 3 aromatic rings. The number of amides is 1. The van der Waals surface area contributed by atoms with Crippen LogP contribution in [0.4, 0.5) is 4.79 Å². The third kappa shape index (κ3) is 3.96. The van der Waals surface area contributed by atoms with Crippen LogP contribution >= 0.6 is 11.6 Å². The number of carbonyl (C=O) groups excluding carboxylic acids is 2. The molecule has 0 radical (unpaired) electrons. The van der Waals surface area contributed by atoms with E-state index in [1.54, 1.807) is 19.2 Å². The Hall–Kier alpha value is -3.11. The smallest absolute Gasteiger partial charge is 0.410 e. The predicted octanol–water partition coefficient (Wildman–Crippen LogP) is 5.33. The molecule has 0 saturated heterocycles. The number of likely N-dealkylation sites (N-methyl/N-ethyl adjacent to an activating group) is 1. The van der Waals surface area contributed by atoms with Crippen molar-refractivity contribution in [1.82, 2.24) is 4.90 Å². The van der Waals surface area contributed by atoms with Crippen molar-refractivity contribution in [2.75, 3.05) is 13.7 Å². The molecule has 0 bridgehead atoms. The first-order valence-electron chi connectivity index (χ1n) is 9.86. The second-order valence-electron chi connectivity index (χ2n) is 7.45. The maximum atomic E-state index is 12.7. The lowest BCUT2D eigenvalue weighted by atomic mass is 9.98. The van der Waals surface area contributed by atoms with Crippen molar-refractivity contribution in [3.63, 3.8) is 0 Å². The topological polar surface area (TPSA) is 46.6 Å². The number of halogens is 1. The molecule has 0 spiro atoms. The van der Waals surface area contributed by atoms with Crippen LogP contribution in [0.3, 0.4) is 0 Å². The molecule has 0 unspecified atom stereocenters. The Bertz CT molecular complexity index is 1040. The summed E-state index contributed by atoms with van der Waals surface area (Å²) in [6, 6.07) is 23.0. The number of ether oxygens (including phenoxy) is 1. The van der Waals surface area contributed by atoms with Gasteiger partial charge in [0.1, 0.15) is 12.9 Å². The fraction of sp³-hybridized carbons (Fsp3) is 0.200. The fourth-order valence-corrected chi connectivity index (χ4v) is 4.23. The molecule has 1 atom stereocenters. The minimum Gasteiger partial charge on any atom is -0.448 e. The summed E-state index contributed by atoms with van der Waals surface area (Å²) in [5.41, 5.74) is 5.54. The van der Waals surface area contributed by atoms with Gasteiger partial charge in [0, 0.05) is 18.0 Å². The molecule has 30 heavy (non-hydrogen) atoms. The van der Waals surface area contributed by atoms with Gasteiger partial charge in [0.2, 0.25) is 0 Å². The van der Waals surface area contributed by atoms with Crippen LogP contribution in [-0.2, 0) is 16.0 Å². The van der Waals surface area contributed by atoms with Gasteiger partial charge >= 0.3 is 6.09 Å². The van der Waals surface area contributed by atoms with Crippen LogP contribution < -0.4 is 0 Å². The van der Waals surface area contributed by atoms with E-state index in [1.807, 2.05) is 36.4 Å². The molecule has 0 fully saturated rings. The van der Waals surface area contributed by atoms with Crippen LogP contribution in [0, 0.1) is 0 Å². The summed E-state index contributed by atoms with van der Waals surface area (Å²) in [5, 5.41) is 0.598. The molecular weight excluding hydrogens is 398 g/mol. The zero-order valence-electron chi connectivity index (χ0n) is 16.6. The number of benzene rings is 3. The van der Waals surface area contributed by atoms with Crippen molar-refractivity contribution >= 4 is 24.0 Å². The minimum absolute atomic E-state index is 0.0163. The Balaban J connectivity index is 1.46. The van der Waals surface area contributed by atoms with E-state index in [0.717, 1.165) is 23.0 Å². The van der Waals surface area contributed by atoms with Gasteiger partial charge in [0.25, 0.3) is 0 Å². The number of carbonyl (C=O) groups is 2. The lowest BCUT2D eigenvalue weighted by Crippen LogP contribution is -2.40. The Morgan fingerprint density at radius 1 is 1.03 bits per heavy atom. The van der Waals surface area contributed by atoms with E-state index in [0.29, 0.717) is 11.4 Å². The highest BCUT2D eigenvalue weighted by atomic mass is 35.5. The van der Waals surface area contributed by atoms with E-state index in [4.69, 9.17) is 16.3 Å². The summed E-state index contributed by atoms with van der Waals surface area (Å²) in [7, 11) is 1.59. The van der Waals surface area contributed by atoms with Gasteiger partial charge in [0.15, 0.2) is 0 Å². The van der Waals surface area contributed by atoms with Crippen LogP contribution in [0.5, 0.6) is 0 Å². The van der Waals surface area contributed by atoms with E-state index in [2.05, 4.69) is 24.3 Å². The Kier molecular flexibility index (Phi) is 5.86. The first-order valence-corrected chi connectivity index (χ1v) is 10.2. The number of aldehydes is 1. The standard InChI is InChI=1S/C25H22ClNO3/c1-27(19(15-28)14-17-7-6-8-18(26)13-17)25(29)30-16-24-22-11-4-2-9-20(22)21-10-3-5-12-23(21)24/h2-13,15,19,24H,14,16H2,1H3/t19-/m0/s1. The summed E-state index contributed by atoms with van der Waals surface area (Å²) in [6.07, 6.45) is 0.628. The van der Waals surface area contributed by atoms with E-state index in [1.165, 1.54) is 16.0 Å². The molecule has 5 heteroatoms. The summed E-state index contributed by atoms with van der Waals surface area (Å²) in [5.74, 6) is -0.0163. The molecule has 3 aromatic carbocycles. The highest BCUT2D eigenvalue weighted by molar-refractivity contribution is 6.30. The third-order valence-corrected chi connectivity index (χ3v) is 5.85. The van der Waals surface area contributed by atoms with Crippen molar-refractivity contribution < 1.29 is 14.3 Å². The second kappa shape index (κ2) is 8.72. The monoisotopic (exact) mass is 419 g/mol. The van der Waals surface area contributed by atoms with Crippen LogP contribution in [0.15, 0.2) is 72.8 Å². The minimum atomic E-state index is -0.626. The molecule has 0 heterocycles. The van der Waals surface area contributed by atoms with Crippen molar-refractivity contribution in [3.05, 3.63) is 94.5 Å². The maximum Gasteiger partial charge on any atom is 0.410 e. The molecule has 1 aliphatic rings. The van der Waals surface area contributed by atoms with Gasteiger partial charge < -0.3 is 14.4 Å². The zero-order chi connectivity index (χ0) is 21.1. The van der Waals surface area contributed by atoms with Crippen LogP contribution in [0.1, 0.15) is 22.6 Å². The number of hydrogen-bond donors (Lipinski definition) is 0. The molecule has 4 rings (SSSR count). The Labute approximate surface area is 181 Å². The van der Waals surface area contributed by atoms with Gasteiger partial charge in [-0.15, -0.1) is 0 Å². The van der Waals surface area contributed by atoms with Gasteiger partial charge in [-0.05, 0) is 46.4 Å². The number of hydrogen-bond acceptors (Lipinski definition) is 3. The molecule has 0 aliphatic heterocycles. The lowest BCUT2D eigenvalue weighted by molar-refractivity contribution is -0.111. The van der Waals surface area contributed by atoms with Crippen LogP contribution in [-0.4, -0.2) is 37.0 Å². The first kappa shape index (κ1) is 20.2. The van der Waals surface area contributed by atoms with Crippen LogP contribution in [0.2, 0.25) is 5.02 Å². The molecular formula is C25H22ClNO3. The van der Waals surface area contributed by atoms with Gasteiger partial charge in [-0.1, -0.05) is 72.3 Å². The molecule has 4 nitrogen and oxygen atoms in total. The lowest BCUT2D eigenvalue weighted by Gasteiger charge is -2.24. The summed E-state index contributed by atoms with van der Waals surface area (Å²) < 4.78 is 5.65. The van der Waals surface area contributed by atoms with E-state index in [-0.39, 0.29) is 12.5 Å².